The SMILES string of the molecule is C=C1CCC[C@H]2[C@@H](C=O)[C@@H](C)CC[C@@]12C. The Hall–Kier alpha value is -0.590. The zero-order valence-corrected chi connectivity index (χ0v) is 9.96. The Morgan fingerprint density at radius 3 is 2.87 bits per heavy atom. The van der Waals surface area contributed by atoms with Gasteiger partial charge in [-0.1, -0.05) is 26.0 Å². The molecule has 1 nitrogen and oxygen atoms in total. The predicted octanol–water partition coefficient (Wildman–Crippen LogP) is 3.59. The van der Waals surface area contributed by atoms with Gasteiger partial charge in [0.25, 0.3) is 0 Å². The van der Waals surface area contributed by atoms with E-state index in [2.05, 4.69) is 20.4 Å². The zero-order valence-electron chi connectivity index (χ0n) is 9.96. The van der Waals surface area contributed by atoms with E-state index < -0.39 is 0 Å². The molecule has 84 valence electrons. The minimum atomic E-state index is 0.260. The van der Waals surface area contributed by atoms with E-state index in [1.54, 1.807) is 0 Å². The molecule has 2 aliphatic rings. The molecule has 0 radical (unpaired) electrons. The Balaban J connectivity index is 2.30. The highest BCUT2D eigenvalue weighted by Gasteiger charge is 2.47. The maximum Gasteiger partial charge on any atom is 0.123 e. The van der Waals surface area contributed by atoms with Crippen LogP contribution in [0.4, 0.5) is 0 Å². The first-order valence-corrected chi connectivity index (χ1v) is 6.23. The van der Waals surface area contributed by atoms with Gasteiger partial charge < -0.3 is 4.79 Å². The van der Waals surface area contributed by atoms with Gasteiger partial charge >= 0.3 is 0 Å². The van der Waals surface area contributed by atoms with Crippen molar-refractivity contribution in [2.24, 2.45) is 23.2 Å². The zero-order chi connectivity index (χ0) is 11.1. The predicted molar refractivity (Wildman–Crippen MR) is 62.5 cm³/mol. The van der Waals surface area contributed by atoms with Crippen LogP contribution in [-0.4, -0.2) is 6.29 Å². The van der Waals surface area contributed by atoms with Crippen LogP contribution in [0.1, 0.15) is 46.0 Å². The van der Waals surface area contributed by atoms with Gasteiger partial charge in [0.1, 0.15) is 6.29 Å². The molecule has 0 aromatic rings. The maximum atomic E-state index is 11.2. The molecule has 2 fully saturated rings. The molecule has 2 saturated carbocycles. The second kappa shape index (κ2) is 3.77. The summed E-state index contributed by atoms with van der Waals surface area (Å²) >= 11 is 0. The summed E-state index contributed by atoms with van der Waals surface area (Å²) in [6, 6.07) is 0. The Morgan fingerprint density at radius 2 is 2.20 bits per heavy atom. The number of fused-ring (bicyclic) bond motifs is 1. The van der Waals surface area contributed by atoms with E-state index in [-0.39, 0.29) is 11.3 Å². The third kappa shape index (κ3) is 1.56. The number of hydrogen-bond donors (Lipinski definition) is 0. The third-order valence-corrected chi connectivity index (χ3v) is 5.02. The highest BCUT2D eigenvalue weighted by atomic mass is 16.1. The first-order valence-electron chi connectivity index (χ1n) is 6.23. The number of hydrogen-bond acceptors (Lipinski definition) is 1. The molecule has 2 aliphatic carbocycles. The summed E-state index contributed by atoms with van der Waals surface area (Å²) in [5.74, 6) is 1.42. The van der Waals surface area contributed by atoms with Gasteiger partial charge in [0.05, 0.1) is 0 Å². The summed E-state index contributed by atoms with van der Waals surface area (Å²) in [6.45, 7) is 8.82. The van der Waals surface area contributed by atoms with Crippen LogP contribution in [0.3, 0.4) is 0 Å². The molecule has 0 aromatic carbocycles. The second-order valence-electron chi connectivity index (χ2n) is 5.75. The standard InChI is InChI=1S/C14H22O/c1-10-7-8-14(3)11(2)5-4-6-13(14)12(10)9-15/h9-10,12-13H,2,4-8H2,1,3H3/t10-,12-,13-,14-/m0/s1. The topological polar surface area (TPSA) is 17.1 Å². The largest absolute Gasteiger partial charge is 0.303 e. The average Bonchev–Trinajstić information content (AvgIpc) is 2.22. The lowest BCUT2D eigenvalue weighted by molar-refractivity contribution is -0.118. The fraction of sp³-hybridized carbons (Fsp3) is 0.786. The Bertz CT molecular complexity index is 281. The van der Waals surface area contributed by atoms with Crippen molar-refractivity contribution in [3.63, 3.8) is 0 Å². The summed E-state index contributed by atoms with van der Waals surface area (Å²) in [4.78, 5) is 11.2. The van der Waals surface area contributed by atoms with Gasteiger partial charge in [-0.15, -0.1) is 0 Å². The smallest absolute Gasteiger partial charge is 0.123 e. The first kappa shape index (κ1) is 10.9. The Labute approximate surface area is 92.9 Å². The molecule has 0 heterocycles. The van der Waals surface area contributed by atoms with Crippen LogP contribution in [0, 0.1) is 23.2 Å². The lowest BCUT2D eigenvalue weighted by Crippen LogP contribution is -2.44. The molecule has 0 N–H and O–H groups in total. The highest BCUT2D eigenvalue weighted by molar-refractivity contribution is 5.55. The van der Waals surface area contributed by atoms with Gasteiger partial charge in [-0.05, 0) is 49.4 Å². The van der Waals surface area contributed by atoms with Crippen LogP contribution >= 0.6 is 0 Å². The van der Waals surface area contributed by atoms with Gasteiger partial charge in [-0.3, -0.25) is 0 Å². The minimum absolute atomic E-state index is 0.260. The number of rotatable bonds is 1. The average molecular weight is 206 g/mol. The molecule has 0 aromatic heterocycles. The van der Waals surface area contributed by atoms with Crippen LogP contribution < -0.4 is 0 Å². The van der Waals surface area contributed by atoms with E-state index in [1.165, 1.54) is 44.0 Å². The molecule has 1 heteroatoms. The molecule has 0 saturated heterocycles. The molecule has 15 heavy (non-hydrogen) atoms. The second-order valence-corrected chi connectivity index (χ2v) is 5.75. The van der Waals surface area contributed by atoms with Gasteiger partial charge in [0.2, 0.25) is 0 Å². The third-order valence-electron chi connectivity index (χ3n) is 5.02. The normalized spacial score (nSPS) is 46.0. The summed E-state index contributed by atoms with van der Waals surface area (Å²) < 4.78 is 0. The summed E-state index contributed by atoms with van der Waals surface area (Å²) in [7, 11) is 0. The van der Waals surface area contributed by atoms with Gasteiger partial charge in [0.15, 0.2) is 0 Å². The first-order chi connectivity index (χ1) is 7.09. The van der Waals surface area contributed by atoms with E-state index in [9.17, 15) is 4.79 Å². The van der Waals surface area contributed by atoms with Crippen molar-refractivity contribution >= 4 is 6.29 Å². The van der Waals surface area contributed by atoms with Crippen LogP contribution in [0.5, 0.6) is 0 Å². The van der Waals surface area contributed by atoms with E-state index >= 15 is 0 Å². The van der Waals surface area contributed by atoms with E-state index in [4.69, 9.17) is 0 Å². The molecule has 0 spiro atoms. The molecule has 4 atom stereocenters. The Morgan fingerprint density at radius 1 is 1.47 bits per heavy atom. The number of carbonyl (C=O) groups excluding carboxylic acids is 1. The summed E-state index contributed by atoms with van der Waals surface area (Å²) in [6.07, 6.45) is 7.27. The quantitative estimate of drug-likeness (QED) is 0.473. The van der Waals surface area contributed by atoms with Crippen LogP contribution in [0.15, 0.2) is 12.2 Å². The van der Waals surface area contributed by atoms with Crippen molar-refractivity contribution in [3.05, 3.63) is 12.2 Å². The summed E-state index contributed by atoms with van der Waals surface area (Å²) in [5, 5.41) is 0. The fourth-order valence-corrected chi connectivity index (χ4v) is 3.73. The molecule has 0 unspecified atom stereocenters. The van der Waals surface area contributed by atoms with E-state index in [0.29, 0.717) is 11.8 Å². The summed E-state index contributed by atoms with van der Waals surface area (Å²) in [5.41, 5.74) is 1.66. The monoisotopic (exact) mass is 206 g/mol. The molecule has 0 amide bonds. The maximum absolute atomic E-state index is 11.2. The molecule has 2 rings (SSSR count). The van der Waals surface area contributed by atoms with Crippen LogP contribution in [0.25, 0.3) is 0 Å². The van der Waals surface area contributed by atoms with Gasteiger partial charge in [0, 0.05) is 5.92 Å². The van der Waals surface area contributed by atoms with Crippen molar-refractivity contribution in [2.45, 2.75) is 46.0 Å². The molecule has 0 bridgehead atoms. The van der Waals surface area contributed by atoms with Crippen LogP contribution in [0.2, 0.25) is 0 Å². The number of carbonyl (C=O) groups is 1. The highest BCUT2D eigenvalue weighted by Crippen LogP contribution is 2.55. The van der Waals surface area contributed by atoms with Crippen molar-refractivity contribution in [3.8, 4) is 0 Å². The minimum Gasteiger partial charge on any atom is -0.303 e. The molecular weight excluding hydrogens is 184 g/mol. The fourth-order valence-electron chi connectivity index (χ4n) is 3.73. The van der Waals surface area contributed by atoms with Crippen molar-refractivity contribution in [1.29, 1.82) is 0 Å². The Kier molecular flexibility index (Phi) is 2.74. The van der Waals surface area contributed by atoms with Crippen molar-refractivity contribution in [2.75, 3.05) is 0 Å². The van der Waals surface area contributed by atoms with Gasteiger partial charge in [-0.25, -0.2) is 0 Å². The van der Waals surface area contributed by atoms with E-state index in [1.807, 2.05) is 0 Å². The molecular formula is C14H22O. The lowest BCUT2D eigenvalue weighted by atomic mass is 9.53. The molecule has 0 aliphatic heterocycles. The number of aldehydes is 1. The van der Waals surface area contributed by atoms with Crippen molar-refractivity contribution < 1.29 is 4.79 Å². The lowest BCUT2D eigenvalue weighted by Gasteiger charge is -2.51. The van der Waals surface area contributed by atoms with Gasteiger partial charge in [-0.2, -0.15) is 0 Å². The van der Waals surface area contributed by atoms with Crippen molar-refractivity contribution in [1.82, 2.24) is 0 Å². The number of allylic oxidation sites excluding steroid dienone is 1. The van der Waals surface area contributed by atoms with Crippen LogP contribution in [-0.2, 0) is 4.79 Å². The van der Waals surface area contributed by atoms with E-state index in [0.717, 1.165) is 0 Å².